The fourth-order valence-corrected chi connectivity index (χ4v) is 2.81. The number of amides is 1. The lowest BCUT2D eigenvalue weighted by Gasteiger charge is -2.40. The molecule has 0 aromatic rings. The Morgan fingerprint density at radius 2 is 2.00 bits per heavy atom. The van der Waals surface area contributed by atoms with Crippen molar-refractivity contribution in [2.45, 2.75) is 63.4 Å². The van der Waals surface area contributed by atoms with Gasteiger partial charge in [-0.05, 0) is 20.3 Å². The Bertz CT molecular complexity index is 408. The van der Waals surface area contributed by atoms with Crippen molar-refractivity contribution in [3.63, 3.8) is 0 Å². The molecular weight excluding hydrogens is 262 g/mol. The van der Waals surface area contributed by atoms with E-state index in [4.69, 9.17) is 14.2 Å². The first-order chi connectivity index (χ1) is 9.38. The van der Waals surface area contributed by atoms with E-state index in [1.165, 1.54) is 6.92 Å². The van der Waals surface area contributed by atoms with Gasteiger partial charge in [0.05, 0.1) is 12.1 Å². The second-order valence-electron chi connectivity index (χ2n) is 5.59. The van der Waals surface area contributed by atoms with E-state index in [1.54, 1.807) is 19.9 Å². The van der Waals surface area contributed by atoms with Gasteiger partial charge in [-0.3, -0.25) is 4.79 Å². The summed E-state index contributed by atoms with van der Waals surface area (Å²) in [5.41, 5.74) is 0. The Labute approximate surface area is 118 Å². The fourth-order valence-electron chi connectivity index (χ4n) is 2.81. The smallest absolute Gasteiger partial charge is 0.217 e. The van der Waals surface area contributed by atoms with Crippen LogP contribution in [-0.4, -0.2) is 48.4 Å². The van der Waals surface area contributed by atoms with Gasteiger partial charge in [-0.15, -0.1) is 6.58 Å². The Morgan fingerprint density at radius 3 is 2.55 bits per heavy atom. The number of hydrogen-bond donors (Lipinski definition) is 1. The minimum atomic E-state index is -0.806. The monoisotopic (exact) mass is 283 g/mol. The molecule has 6 nitrogen and oxygen atoms in total. The van der Waals surface area contributed by atoms with Crippen LogP contribution in [0.1, 0.15) is 27.2 Å². The van der Waals surface area contributed by atoms with Crippen molar-refractivity contribution in [3.05, 3.63) is 12.7 Å². The molecule has 2 heterocycles. The van der Waals surface area contributed by atoms with Gasteiger partial charge in [0.15, 0.2) is 12.1 Å². The van der Waals surface area contributed by atoms with E-state index < -0.39 is 24.1 Å². The maximum absolute atomic E-state index is 11.4. The van der Waals surface area contributed by atoms with E-state index in [0.717, 1.165) is 6.29 Å². The van der Waals surface area contributed by atoms with Gasteiger partial charge in [0.2, 0.25) is 5.91 Å². The zero-order chi connectivity index (χ0) is 14.9. The van der Waals surface area contributed by atoms with E-state index in [0.29, 0.717) is 6.42 Å². The van der Waals surface area contributed by atoms with Crippen LogP contribution in [0.25, 0.3) is 0 Å². The van der Waals surface area contributed by atoms with E-state index >= 15 is 0 Å². The highest BCUT2D eigenvalue weighted by atomic mass is 16.8. The first-order valence-electron chi connectivity index (χ1n) is 6.72. The predicted molar refractivity (Wildman–Crippen MR) is 71.0 cm³/mol. The van der Waals surface area contributed by atoms with Crippen LogP contribution in [0.4, 0.5) is 0 Å². The molecule has 1 amide bonds. The van der Waals surface area contributed by atoms with Crippen molar-refractivity contribution in [2.24, 2.45) is 0 Å². The first-order valence-corrected chi connectivity index (χ1v) is 6.72. The van der Waals surface area contributed by atoms with Crippen molar-refractivity contribution in [3.8, 4) is 0 Å². The first kappa shape index (κ1) is 15.2. The van der Waals surface area contributed by atoms with Crippen LogP contribution in [0.5, 0.6) is 0 Å². The highest BCUT2D eigenvalue weighted by Crippen LogP contribution is 2.37. The lowest BCUT2D eigenvalue weighted by Crippen LogP contribution is -2.62. The summed E-state index contributed by atoms with van der Waals surface area (Å²) in [5.74, 6) is -0.982. The van der Waals surface area contributed by atoms with E-state index in [1.807, 2.05) is 0 Å². The number of carbonyl (C=O) groups is 2. The van der Waals surface area contributed by atoms with Crippen molar-refractivity contribution in [1.82, 2.24) is 5.32 Å². The molecule has 5 atom stereocenters. The Balaban J connectivity index is 2.27. The maximum atomic E-state index is 11.4. The van der Waals surface area contributed by atoms with Gasteiger partial charge in [0, 0.05) is 6.92 Å². The van der Waals surface area contributed by atoms with Crippen molar-refractivity contribution in [1.29, 1.82) is 0 Å². The number of nitrogens with one attached hydrogen (secondary N) is 1. The molecule has 0 saturated carbocycles. The highest BCUT2D eigenvalue weighted by molar-refractivity contribution is 5.73. The molecule has 2 rings (SSSR count). The van der Waals surface area contributed by atoms with Crippen LogP contribution in [0.2, 0.25) is 0 Å². The average Bonchev–Trinajstić information content (AvgIpc) is 2.67. The molecule has 0 spiro atoms. The number of hydrogen-bond acceptors (Lipinski definition) is 5. The fraction of sp³-hybridized carbons (Fsp3) is 0.714. The zero-order valence-corrected chi connectivity index (χ0v) is 12.0. The molecule has 2 fully saturated rings. The molecular formula is C14H21NO5. The Hall–Kier alpha value is -1.24. The SMILES string of the molecule is C=CC[C@H]1O[C@H](C=O)[C@@H]2OC(C)(C)O[C@@H]2[C@H]1NC(C)=O. The molecule has 0 aromatic carbocycles. The summed E-state index contributed by atoms with van der Waals surface area (Å²) < 4.78 is 17.3. The van der Waals surface area contributed by atoms with Gasteiger partial charge in [0.1, 0.15) is 18.3 Å². The van der Waals surface area contributed by atoms with Gasteiger partial charge >= 0.3 is 0 Å². The minimum absolute atomic E-state index is 0.177. The molecule has 2 saturated heterocycles. The van der Waals surface area contributed by atoms with Crippen molar-refractivity contribution >= 4 is 12.2 Å². The average molecular weight is 283 g/mol. The second-order valence-corrected chi connectivity index (χ2v) is 5.59. The summed E-state index contributed by atoms with van der Waals surface area (Å²) in [6, 6.07) is -0.367. The summed E-state index contributed by atoms with van der Waals surface area (Å²) in [7, 11) is 0. The van der Waals surface area contributed by atoms with Crippen molar-refractivity contribution in [2.75, 3.05) is 0 Å². The lowest BCUT2D eigenvalue weighted by atomic mass is 9.91. The number of aldehydes is 1. The van der Waals surface area contributed by atoms with Gasteiger partial charge < -0.3 is 24.3 Å². The molecule has 2 aliphatic heterocycles. The number of ether oxygens (including phenoxy) is 3. The summed E-state index contributed by atoms with van der Waals surface area (Å²) in [5, 5.41) is 2.84. The van der Waals surface area contributed by atoms with Gasteiger partial charge in [0.25, 0.3) is 0 Å². The Morgan fingerprint density at radius 1 is 1.35 bits per heavy atom. The normalized spacial score (nSPS) is 38.9. The van der Waals surface area contributed by atoms with Crippen LogP contribution < -0.4 is 5.32 Å². The maximum Gasteiger partial charge on any atom is 0.217 e. The van der Waals surface area contributed by atoms with Gasteiger partial charge in [-0.25, -0.2) is 0 Å². The summed E-state index contributed by atoms with van der Waals surface area (Å²) in [4.78, 5) is 22.6. The van der Waals surface area contributed by atoms with Crippen molar-refractivity contribution < 1.29 is 23.8 Å². The van der Waals surface area contributed by atoms with Crippen LogP contribution in [0, 0.1) is 0 Å². The highest BCUT2D eigenvalue weighted by Gasteiger charge is 2.55. The van der Waals surface area contributed by atoms with Gasteiger partial charge in [-0.2, -0.15) is 0 Å². The van der Waals surface area contributed by atoms with E-state index in [9.17, 15) is 9.59 Å². The van der Waals surface area contributed by atoms with Crippen LogP contribution in [0.3, 0.4) is 0 Å². The quantitative estimate of drug-likeness (QED) is 0.602. The van der Waals surface area contributed by atoms with Gasteiger partial charge in [-0.1, -0.05) is 6.08 Å². The third-order valence-electron chi connectivity index (χ3n) is 3.48. The molecule has 0 aromatic heterocycles. The van der Waals surface area contributed by atoms with Crippen LogP contribution in [0.15, 0.2) is 12.7 Å². The predicted octanol–water partition coefficient (Wildman–Crippen LogP) is 0.554. The zero-order valence-electron chi connectivity index (χ0n) is 12.0. The van der Waals surface area contributed by atoms with E-state index in [2.05, 4.69) is 11.9 Å². The standard InChI is InChI=1S/C14H21NO5/c1-5-6-9-11(15-8(2)17)13-12(10(7-16)18-9)19-14(3,4)20-13/h5,7,9-13H,1,6H2,2-4H3,(H,15,17)/t9-,10-,11+,12+,13-/m1/s1. The lowest BCUT2D eigenvalue weighted by molar-refractivity contribution is -0.163. The molecule has 6 heteroatoms. The third-order valence-corrected chi connectivity index (χ3v) is 3.48. The van der Waals surface area contributed by atoms with Crippen LogP contribution >= 0.6 is 0 Å². The largest absolute Gasteiger partial charge is 0.362 e. The molecule has 20 heavy (non-hydrogen) atoms. The van der Waals surface area contributed by atoms with Crippen LogP contribution in [-0.2, 0) is 23.8 Å². The molecule has 112 valence electrons. The molecule has 0 unspecified atom stereocenters. The molecule has 0 bridgehead atoms. The molecule has 0 aliphatic carbocycles. The number of carbonyl (C=O) groups excluding carboxylic acids is 2. The Kier molecular flexibility index (Phi) is 4.27. The number of fused-ring (bicyclic) bond motifs is 1. The second kappa shape index (κ2) is 5.63. The topological polar surface area (TPSA) is 73.9 Å². The van der Waals surface area contributed by atoms with E-state index in [-0.39, 0.29) is 18.1 Å². The minimum Gasteiger partial charge on any atom is -0.362 e. The summed E-state index contributed by atoms with van der Waals surface area (Å²) in [6.45, 7) is 8.67. The third kappa shape index (κ3) is 2.92. The summed E-state index contributed by atoms with van der Waals surface area (Å²) >= 11 is 0. The summed E-state index contributed by atoms with van der Waals surface area (Å²) in [6.07, 6.45) is 0.957. The number of rotatable bonds is 4. The molecule has 1 N–H and O–H groups in total. The molecule has 2 aliphatic rings. The molecule has 0 radical (unpaired) electrons.